The fourth-order valence-electron chi connectivity index (χ4n) is 13.2. The van der Waals surface area contributed by atoms with Crippen LogP contribution >= 0.6 is 0 Å². The van der Waals surface area contributed by atoms with Gasteiger partial charge in [-0.3, -0.25) is 9.59 Å². The molecule has 0 amide bonds. The number of rotatable bonds is 13. The Bertz CT molecular complexity index is 3330. The highest BCUT2D eigenvalue weighted by atomic mass is 16.5. The normalized spacial score (nSPS) is 21.4. The minimum absolute atomic E-state index is 0.0162. The number of aryl methyl sites for hydroxylation is 3. The monoisotopic (exact) mass is 1060 g/mol. The number of ketones is 2. The number of hydrogen-bond acceptors (Lipinski definition) is 9. The van der Waals surface area contributed by atoms with Gasteiger partial charge in [-0.1, -0.05) is 109 Å². The van der Waals surface area contributed by atoms with E-state index < -0.39 is 29.5 Å². The summed E-state index contributed by atoms with van der Waals surface area (Å²) in [5.41, 5.74) is 10.4. The summed E-state index contributed by atoms with van der Waals surface area (Å²) in [7, 11) is 0. The highest BCUT2D eigenvalue weighted by Crippen LogP contribution is 2.47. The van der Waals surface area contributed by atoms with Crippen LogP contribution in [0.4, 0.5) is 5.82 Å². The fourth-order valence-corrected chi connectivity index (χ4v) is 13.2. The molecule has 4 bridgehead atoms. The number of hydrogen-bond donors (Lipinski definition) is 8. The smallest absolute Gasteiger partial charge is 0.161 e. The van der Waals surface area contributed by atoms with E-state index in [4.69, 9.17) is 4.74 Å². The van der Waals surface area contributed by atoms with Gasteiger partial charge in [0, 0.05) is 79.4 Å². The number of anilines is 1. The third-order valence-corrected chi connectivity index (χ3v) is 17.4. The van der Waals surface area contributed by atoms with Crippen molar-refractivity contribution < 1.29 is 39.9 Å². The topological polar surface area (TPSA) is 188 Å². The average molecular weight is 1060 g/mol. The zero-order valence-electron chi connectivity index (χ0n) is 44.9. The van der Waals surface area contributed by atoms with Gasteiger partial charge in [-0.25, -0.2) is 0 Å². The van der Waals surface area contributed by atoms with Gasteiger partial charge in [-0.15, -0.1) is 0 Å². The number of aromatic nitrogens is 2. The van der Waals surface area contributed by atoms with E-state index >= 15 is 4.79 Å². The first kappa shape index (κ1) is 53.6. The Morgan fingerprint density at radius 1 is 0.747 bits per heavy atom. The van der Waals surface area contributed by atoms with Crippen LogP contribution in [0.5, 0.6) is 17.2 Å². The Morgan fingerprint density at radius 2 is 1.52 bits per heavy atom. The Hall–Kier alpha value is -7.44. The summed E-state index contributed by atoms with van der Waals surface area (Å²) in [5, 5.41) is 62.4. The first-order valence-electron chi connectivity index (χ1n) is 28.6. The number of aromatic hydroxyl groups is 2. The molecule has 79 heavy (non-hydrogen) atoms. The molecule has 11 heteroatoms. The maximum absolute atomic E-state index is 15.8. The summed E-state index contributed by atoms with van der Waals surface area (Å²) in [4.78, 5) is 37.5. The Kier molecular flexibility index (Phi) is 16.2. The Balaban J connectivity index is 1.01. The number of carbonyl (C=O) groups excluding carboxylic acids is 2. The van der Waals surface area contributed by atoms with E-state index in [0.717, 1.165) is 93.7 Å². The van der Waals surface area contributed by atoms with Crippen molar-refractivity contribution in [1.82, 2.24) is 9.97 Å². The first-order valence-corrected chi connectivity index (χ1v) is 28.6. The molecule has 0 saturated heterocycles. The molecule has 1 fully saturated rings. The van der Waals surface area contributed by atoms with Crippen LogP contribution in [0.3, 0.4) is 0 Å². The molecule has 3 aliphatic carbocycles. The minimum atomic E-state index is -1.39. The number of fused-ring (bicyclic) bond motifs is 8. The average Bonchev–Trinajstić information content (AvgIpc) is 4.45. The molecule has 0 spiro atoms. The van der Waals surface area contributed by atoms with Crippen molar-refractivity contribution >= 4 is 29.5 Å². The molecule has 11 rings (SSSR count). The molecule has 2 aromatic heterocycles. The number of carbonyl (C=O) groups is 2. The van der Waals surface area contributed by atoms with Crippen molar-refractivity contribution in [2.45, 2.75) is 126 Å². The number of aliphatic hydroxyl groups is 3. The van der Waals surface area contributed by atoms with E-state index in [0.29, 0.717) is 55.4 Å². The van der Waals surface area contributed by atoms with E-state index in [1.54, 1.807) is 24.3 Å². The van der Waals surface area contributed by atoms with Gasteiger partial charge in [0.2, 0.25) is 0 Å². The molecule has 11 nitrogen and oxygen atoms in total. The molecule has 1 saturated carbocycles. The van der Waals surface area contributed by atoms with Gasteiger partial charge < -0.3 is 45.6 Å². The zero-order chi connectivity index (χ0) is 54.5. The molecular weight excluding hydrogens is 987 g/mol. The second kappa shape index (κ2) is 23.9. The molecule has 408 valence electrons. The standard InChI is InChI=1S/C68H73N3O8/c72-33-28-57-61(74)23-20-46-36-50(65(76)63(38-46)79-52-15-7-8-16-52)35-45-19-21-53(56(22-18-43-10-3-1-4-11-43)62(75)37-44-12-5-2-6-13-44)49(34-45)39-48-26-31-70-67(48)71-42-51-40-59-55(27-32-69-59)58(64(51)66(57)77)41-68(78)29-24-47-14-9-17-60(73)54(47)25-30-68/h1-6,9-14,17,19,21,25-27,30-32,34,36,38,40,52,56-58,62,64,69-73,75-76,78H,7-8,15-16,18,20,22-24,28-29,33,35,37,39,41-42H2. The number of benzene rings is 5. The predicted octanol–water partition coefficient (Wildman–Crippen LogP) is 11.6. The maximum Gasteiger partial charge on any atom is 0.161 e. The maximum atomic E-state index is 15.8. The number of aromatic amines is 2. The molecule has 8 N–H and O–H groups in total. The predicted molar refractivity (Wildman–Crippen MR) is 310 cm³/mol. The first-order chi connectivity index (χ1) is 38.5. The largest absolute Gasteiger partial charge is 0.507 e. The summed E-state index contributed by atoms with van der Waals surface area (Å²) < 4.78 is 6.58. The molecule has 7 aromatic rings. The third-order valence-electron chi connectivity index (χ3n) is 17.4. The lowest BCUT2D eigenvalue weighted by molar-refractivity contribution is -0.135. The van der Waals surface area contributed by atoms with Crippen molar-refractivity contribution in [2.75, 3.05) is 18.5 Å². The van der Waals surface area contributed by atoms with Crippen LogP contribution in [0.1, 0.15) is 137 Å². The molecule has 6 atom stereocenters. The van der Waals surface area contributed by atoms with E-state index in [-0.39, 0.29) is 73.9 Å². The van der Waals surface area contributed by atoms with Crippen LogP contribution in [0.15, 0.2) is 145 Å². The summed E-state index contributed by atoms with van der Waals surface area (Å²) in [5.74, 6) is -2.04. The summed E-state index contributed by atoms with van der Waals surface area (Å²) in [6, 6.07) is 40.3. The van der Waals surface area contributed by atoms with Crippen LogP contribution in [-0.4, -0.2) is 78.0 Å². The molecule has 6 unspecified atom stereocenters. The zero-order valence-corrected chi connectivity index (χ0v) is 44.9. The van der Waals surface area contributed by atoms with Gasteiger partial charge in [0.1, 0.15) is 17.4 Å². The van der Waals surface area contributed by atoms with Crippen LogP contribution in [-0.2, 0) is 48.1 Å². The van der Waals surface area contributed by atoms with Gasteiger partial charge >= 0.3 is 0 Å². The van der Waals surface area contributed by atoms with Crippen LogP contribution in [0.25, 0.3) is 12.2 Å². The lowest BCUT2D eigenvalue weighted by Gasteiger charge is -2.38. The third kappa shape index (κ3) is 12.1. The van der Waals surface area contributed by atoms with Gasteiger partial charge in [0.05, 0.1) is 23.7 Å². The highest BCUT2D eigenvalue weighted by molar-refractivity contribution is 6.05. The molecule has 3 heterocycles. The molecular formula is C68H73N3O8. The van der Waals surface area contributed by atoms with Gasteiger partial charge in [0.15, 0.2) is 17.3 Å². The molecule has 4 aliphatic rings. The van der Waals surface area contributed by atoms with E-state index in [1.807, 2.05) is 67.0 Å². The van der Waals surface area contributed by atoms with Crippen molar-refractivity contribution in [3.8, 4) is 17.2 Å². The highest BCUT2D eigenvalue weighted by Gasteiger charge is 2.45. The van der Waals surface area contributed by atoms with Gasteiger partial charge in [0.25, 0.3) is 0 Å². The van der Waals surface area contributed by atoms with Gasteiger partial charge in [-0.2, -0.15) is 0 Å². The number of aliphatic hydroxyl groups excluding tert-OH is 2. The van der Waals surface area contributed by atoms with Crippen LogP contribution < -0.4 is 10.1 Å². The number of H-pyrrole nitrogens is 2. The van der Waals surface area contributed by atoms with Gasteiger partial charge in [-0.05, 0) is 163 Å². The second-order valence-electron chi connectivity index (χ2n) is 22.7. The Morgan fingerprint density at radius 3 is 2.32 bits per heavy atom. The SMILES string of the molecule is O=C1CCc2cc(c(O)c(OC3CCCC3)c2)Cc2ccc(C(CCc3ccccc3)C(O)Cc3ccccc3)c(c2)Cc2cc[nH]c2NCC2=Cc3[nH]ccc3C(CC3(O)C=Cc4c(O)cccc4CC3)C2C(=O)C1CCO. The lowest BCUT2D eigenvalue weighted by atomic mass is 9.67. The van der Waals surface area contributed by atoms with Crippen molar-refractivity contribution in [3.63, 3.8) is 0 Å². The van der Waals surface area contributed by atoms with Crippen molar-refractivity contribution in [3.05, 3.63) is 212 Å². The van der Waals surface area contributed by atoms with Crippen molar-refractivity contribution in [2.24, 2.45) is 11.8 Å². The lowest BCUT2D eigenvalue weighted by Crippen LogP contribution is -2.40. The van der Waals surface area contributed by atoms with Crippen LogP contribution in [0.2, 0.25) is 0 Å². The number of Topliss-reactive ketones (excluding diaryl/α,β-unsaturated/α-hetero) is 2. The number of ether oxygens (including phenoxy) is 1. The molecule has 1 aliphatic heterocycles. The quantitative estimate of drug-likeness (QED) is 0.0520. The summed E-state index contributed by atoms with van der Waals surface area (Å²) in [6.45, 7) is -0.143. The van der Waals surface area contributed by atoms with E-state index in [1.165, 1.54) is 5.56 Å². The minimum Gasteiger partial charge on any atom is -0.507 e. The molecule has 0 radical (unpaired) electrons. The van der Waals surface area contributed by atoms with E-state index in [9.17, 15) is 30.3 Å². The number of phenolic OH excluding ortho intramolecular Hbond substituents is 2. The summed E-state index contributed by atoms with van der Waals surface area (Å²) >= 11 is 0. The Labute approximate surface area is 463 Å². The second-order valence-corrected chi connectivity index (χ2v) is 22.7. The number of nitrogens with one attached hydrogen (secondary N) is 3. The van der Waals surface area contributed by atoms with Crippen LogP contribution in [0, 0.1) is 11.8 Å². The number of phenols is 2. The fraction of sp³-hybridized carbons (Fsp3) is 0.353. The van der Waals surface area contributed by atoms with Crippen molar-refractivity contribution in [1.29, 1.82) is 0 Å². The van der Waals surface area contributed by atoms with E-state index in [2.05, 4.69) is 75.9 Å². The molecule has 5 aromatic carbocycles. The summed E-state index contributed by atoms with van der Waals surface area (Å²) in [6.07, 6.45) is 16.5.